The summed E-state index contributed by atoms with van der Waals surface area (Å²) in [5.74, 6) is 1.25. The fraction of sp³-hybridized carbons (Fsp3) is 0.176. The van der Waals surface area contributed by atoms with Gasteiger partial charge in [0.2, 0.25) is 0 Å². The number of nitriles is 1. The standard InChI is InChI=1S/C17H14N6O/c1-9(2)24-14-4-12-10(6-19-12)3-13(14)23-17-15-11(5-18)7-20-16(15)21-8-22-17/h3-4,6-9H,1-2H3,(H2,20,21,22,23). The molecule has 0 atom stereocenters. The zero-order chi connectivity index (χ0) is 16.7. The number of H-pyrrole nitrogens is 1. The third-order valence-corrected chi connectivity index (χ3v) is 3.68. The van der Waals surface area contributed by atoms with Crippen molar-refractivity contribution in [2.45, 2.75) is 20.0 Å². The Morgan fingerprint density at radius 1 is 1.29 bits per heavy atom. The molecule has 0 radical (unpaired) electrons. The molecule has 0 aliphatic carbocycles. The van der Waals surface area contributed by atoms with Gasteiger partial charge in [0.25, 0.3) is 0 Å². The number of fused-ring (bicyclic) bond motifs is 2. The average Bonchev–Trinajstić information content (AvgIpc) is 2.96. The molecule has 7 heteroatoms. The molecule has 0 amide bonds. The summed E-state index contributed by atoms with van der Waals surface area (Å²) in [6.07, 6.45) is 4.90. The van der Waals surface area contributed by atoms with E-state index in [9.17, 15) is 5.26 Å². The van der Waals surface area contributed by atoms with Crippen LogP contribution in [-0.2, 0) is 0 Å². The second-order valence-corrected chi connectivity index (χ2v) is 5.72. The first kappa shape index (κ1) is 14.2. The predicted octanol–water partition coefficient (Wildman–Crippen LogP) is 1.73. The van der Waals surface area contributed by atoms with Gasteiger partial charge < -0.3 is 15.0 Å². The molecule has 1 aliphatic heterocycles. The van der Waals surface area contributed by atoms with Gasteiger partial charge in [-0.05, 0) is 19.9 Å². The average molecular weight is 318 g/mol. The minimum atomic E-state index is 0.0278. The Morgan fingerprint density at radius 2 is 2.17 bits per heavy atom. The molecular weight excluding hydrogens is 304 g/mol. The summed E-state index contributed by atoms with van der Waals surface area (Å²) in [7, 11) is 0. The lowest BCUT2D eigenvalue weighted by Crippen LogP contribution is -2.31. The fourth-order valence-corrected chi connectivity index (χ4v) is 2.60. The molecule has 0 saturated heterocycles. The molecule has 118 valence electrons. The van der Waals surface area contributed by atoms with Crippen molar-refractivity contribution in [2.24, 2.45) is 4.99 Å². The highest BCUT2D eigenvalue weighted by Gasteiger charge is 2.15. The van der Waals surface area contributed by atoms with Gasteiger partial charge in [0.05, 0.1) is 28.1 Å². The molecule has 4 rings (SSSR count). The zero-order valence-electron chi connectivity index (χ0n) is 13.2. The van der Waals surface area contributed by atoms with Crippen molar-refractivity contribution >= 4 is 28.7 Å². The third-order valence-electron chi connectivity index (χ3n) is 3.68. The highest BCUT2D eigenvalue weighted by Crippen LogP contribution is 2.30. The van der Waals surface area contributed by atoms with Crippen LogP contribution in [0.3, 0.4) is 0 Å². The van der Waals surface area contributed by atoms with Crippen LogP contribution < -0.4 is 20.6 Å². The number of nitrogens with one attached hydrogen (secondary N) is 2. The van der Waals surface area contributed by atoms with Crippen molar-refractivity contribution in [2.75, 3.05) is 5.32 Å². The Balaban J connectivity index is 1.83. The highest BCUT2D eigenvalue weighted by atomic mass is 16.5. The number of hydrogen-bond acceptors (Lipinski definition) is 6. The summed E-state index contributed by atoms with van der Waals surface area (Å²) < 4.78 is 5.88. The summed E-state index contributed by atoms with van der Waals surface area (Å²) in [6.45, 7) is 3.93. The number of anilines is 2. The van der Waals surface area contributed by atoms with Gasteiger partial charge in [0.1, 0.15) is 29.6 Å². The maximum atomic E-state index is 9.28. The number of hydrogen-bond donors (Lipinski definition) is 2. The van der Waals surface area contributed by atoms with E-state index in [4.69, 9.17) is 4.74 Å². The molecule has 2 aromatic heterocycles. The van der Waals surface area contributed by atoms with E-state index in [0.717, 1.165) is 16.3 Å². The minimum absolute atomic E-state index is 0.0278. The first-order valence-electron chi connectivity index (χ1n) is 7.53. The predicted molar refractivity (Wildman–Crippen MR) is 89.3 cm³/mol. The van der Waals surface area contributed by atoms with Crippen LogP contribution in [0.2, 0.25) is 0 Å². The van der Waals surface area contributed by atoms with Crippen LogP contribution in [0.4, 0.5) is 11.5 Å². The molecule has 3 aromatic rings. The van der Waals surface area contributed by atoms with Crippen LogP contribution in [0.5, 0.6) is 5.75 Å². The van der Waals surface area contributed by atoms with Crippen LogP contribution in [-0.4, -0.2) is 21.1 Å². The summed E-state index contributed by atoms with van der Waals surface area (Å²) in [4.78, 5) is 15.6. The van der Waals surface area contributed by atoms with Crippen molar-refractivity contribution in [3.8, 4) is 11.8 Å². The Bertz CT molecular complexity index is 1110. The van der Waals surface area contributed by atoms with Crippen molar-refractivity contribution in [3.05, 3.63) is 40.8 Å². The quantitative estimate of drug-likeness (QED) is 0.763. The molecule has 0 unspecified atom stereocenters. The molecule has 1 aliphatic rings. The smallest absolute Gasteiger partial charge is 0.145 e. The van der Waals surface area contributed by atoms with Crippen LogP contribution in [0.15, 0.2) is 29.6 Å². The van der Waals surface area contributed by atoms with Crippen LogP contribution >= 0.6 is 0 Å². The number of rotatable bonds is 4. The van der Waals surface area contributed by atoms with Gasteiger partial charge in [0.15, 0.2) is 0 Å². The van der Waals surface area contributed by atoms with Gasteiger partial charge in [-0.1, -0.05) is 0 Å². The van der Waals surface area contributed by atoms with Crippen LogP contribution in [0.1, 0.15) is 19.4 Å². The van der Waals surface area contributed by atoms with E-state index in [0.29, 0.717) is 28.2 Å². The number of ether oxygens (including phenoxy) is 1. The van der Waals surface area contributed by atoms with Crippen molar-refractivity contribution in [1.29, 1.82) is 5.26 Å². The second kappa shape index (κ2) is 5.35. The van der Waals surface area contributed by atoms with Gasteiger partial charge in [-0.15, -0.1) is 0 Å². The van der Waals surface area contributed by atoms with Crippen molar-refractivity contribution in [3.63, 3.8) is 0 Å². The van der Waals surface area contributed by atoms with Gasteiger partial charge in [-0.3, -0.25) is 4.99 Å². The van der Waals surface area contributed by atoms with E-state index >= 15 is 0 Å². The molecule has 0 fully saturated rings. The van der Waals surface area contributed by atoms with E-state index in [1.165, 1.54) is 6.33 Å². The van der Waals surface area contributed by atoms with Gasteiger partial charge in [-0.2, -0.15) is 5.26 Å². The molecule has 1 aromatic carbocycles. The zero-order valence-corrected chi connectivity index (χ0v) is 13.2. The van der Waals surface area contributed by atoms with Crippen LogP contribution in [0, 0.1) is 11.3 Å². The normalized spacial score (nSPS) is 11.9. The van der Waals surface area contributed by atoms with Crippen molar-refractivity contribution in [1.82, 2.24) is 15.0 Å². The topological polar surface area (TPSA) is 99.0 Å². The lowest BCUT2D eigenvalue weighted by molar-refractivity contribution is 0.243. The maximum Gasteiger partial charge on any atom is 0.145 e. The monoisotopic (exact) mass is 318 g/mol. The van der Waals surface area contributed by atoms with Gasteiger partial charge in [0, 0.05) is 23.7 Å². The number of aromatic nitrogens is 3. The number of aromatic amines is 1. The van der Waals surface area contributed by atoms with E-state index in [1.54, 1.807) is 12.4 Å². The first-order chi connectivity index (χ1) is 11.7. The molecule has 7 nitrogen and oxygen atoms in total. The van der Waals surface area contributed by atoms with Crippen molar-refractivity contribution < 1.29 is 4.74 Å². The van der Waals surface area contributed by atoms with E-state index in [1.807, 2.05) is 26.0 Å². The summed E-state index contributed by atoms with van der Waals surface area (Å²) in [6, 6.07) is 6.02. The SMILES string of the molecule is CC(C)Oc1cc2c(cc1Nc1ncnc3[nH]cc(C#N)c13)=CN=2. The summed E-state index contributed by atoms with van der Waals surface area (Å²) in [5.41, 5.74) is 1.88. The number of nitrogens with zero attached hydrogens (tertiary/aromatic N) is 4. The summed E-state index contributed by atoms with van der Waals surface area (Å²) in [5, 5.41) is 15.2. The van der Waals surface area contributed by atoms with E-state index < -0.39 is 0 Å². The fourth-order valence-electron chi connectivity index (χ4n) is 2.60. The second-order valence-electron chi connectivity index (χ2n) is 5.72. The Hall–Kier alpha value is -3.40. The molecule has 0 spiro atoms. The summed E-state index contributed by atoms with van der Waals surface area (Å²) >= 11 is 0. The van der Waals surface area contributed by atoms with Gasteiger partial charge in [-0.25, -0.2) is 9.97 Å². The molecule has 24 heavy (non-hydrogen) atoms. The lowest BCUT2D eigenvalue weighted by Gasteiger charge is -2.16. The molecule has 0 saturated carbocycles. The lowest BCUT2D eigenvalue weighted by atomic mass is 10.2. The van der Waals surface area contributed by atoms with Crippen LogP contribution in [0.25, 0.3) is 17.2 Å². The Morgan fingerprint density at radius 3 is 2.88 bits per heavy atom. The molecule has 0 bridgehead atoms. The number of benzene rings is 1. The highest BCUT2D eigenvalue weighted by molar-refractivity contribution is 5.94. The Kier molecular flexibility index (Phi) is 3.17. The maximum absolute atomic E-state index is 9.28. The molecular formula is C17H14N6O. The molecule has 2 N–H and O–H groups in total. The van der Waals surface area contributed by atoms with Gasteiger partial charge >= 0.3 is 0 Å². The van der Waals surface area contributed by atoms with E-state index in [2.05, 4.69) is 31.3 Å². The first-order valence-corrected chi connectivity index (χ1v) is 7.53. The third kappa shape index (κ3) is 2.25. The minimum Gasteiger partial charge on any atom is -0.489 e. The van der Waals surface area contributed by atoms with E-state index in [-0.39, 0.29) is 6.10 Å². The Labute approximate surface area is 137 Å². The molecule has 3 heterocycles. The largest absolute Gasteiger partial charge is 0.489 e.